The van der Waals surface area contributed by atoms with Gasteiger partial charge in [-0.2, -0.15) is 0 Å². The predicted octanol–water partition coefficient (Wildman–Crippen LogP) is 3.20. The number of aromatic nitrogens is 1. The number of nitrogens with zero attached hydrogens (tertiary/aromatic N) is 1. The number of carbonyl (C=O) groups is 2. The van der Waals surface area contributed by atoms with E-state index >= 15 is 0 Å². The van der Waals surface area contributed by atoms with Gasteiger partial charge in [-0.05, 0) is 36.1 Å². The minimum Gasteiger partial charge on any atom is -0.341 e. The maximum Gasteiger partial charge on any atom is 0.318 e. The van der Waals surface area contributed by atoms with Crippen LogP contribution in [0.15, 0.2) is 47.6 Å². The van der Waals surface area contributed by atoms with Gasteiger partial charge < -0.3 is 16.0 Å². The van der Waals surface area contributed by atoms with Crippen molar-refractivity contribution in [2.45, 2.75) is 11.9 Å². The molecule has 0 aliphatic heterocycles. The highest BCUT2D eigenvalue weighted by Crippen LogP contribution is 2.17. The molecular weight excluding hydrogens is 312 g/mol. The first-order valence-electron chi connectivity index (χ1n) is 7.11. The molecule has 23 heavy (non-hydrogen) atoms. The monoisotopic (exact) mass is 330 g/mol. The lowest BCUT2D eigenvalue weighted by molar-refractivity contribution is 0.102. The minimum absolute atomic E-state index is 0.248. The molecule has 1 aromatic heterocycles. The fourth-order valence-corrected chi connectivity index (χ4v) is 2.41. The van der Waals surface area contributed by atoms with Crippen LogP contribution in [0.3, 0.4) is 0 Å². The number of anilines is 2. The van der Waals surface area contributed by atoms with Gasteiger partial charge in [-0.1, -0.05) is 13.0 Å². The summed E-state index contributed by atoms with van der Waals surface area (Å²) in [5.41, 5.74) is 1.67. The highest BCUT2D eigenvalue weighted by molar-refractivity contribution is 7.99. The Kier molecular flexibility index (Phi) is 5.99. The van der Waals surface area contributed by atoms with E-state index in [1.165, 1.54) is 7.05 Å². The van der Waals surface area contributed by atoms with Crippen molar-refractivity contribution in [2.75, 3.05) is 23.4 Å². The molecule has 2 rings (SSSR count). The summed E-state index contributed by atoms with van der Waals surface area (Å²) in [5.74, 6) is 0.687. The van der Waals surface area contributed by atoms with Crippen LogP contribution in [0.5, 0.6) is 0 Å². The average molecular weight is 330 g/mol. The van der Waals surface area contributed by atoms with Crippen molar-refractivity contribution >= 4 is 35.1 Å². The largest absolute Gasteiger partial charge is 0.341 e. The van der Waals surface area contributed by atoms with E-state index in [0.29, 0.717) is 16.9 Å². The standard InChI is InChI=1S/C16H18N4O2S/c1-3-23-14-8-7-11(10-18-14)15(21)19-12-5-4-6-13(9-12)20-16(22)17-2/h4-10H,3H2,1-2H3,(H,19,21)(H2,17,20,22). The molecule has 0 atom stereocenters. The molecule has 6 nitrogen and oxygen atoms in total. The van der Waals surface area contributed by atoms with Crippen molar-refractivity contribution in [1.82, 2.24) is 10.3 Å². The Balaban J connectivity index is 2.04. The molecule has 0 radical (unpaired) electrons. The molecule has 2 aromatic rings. The van der Waals surface area contributed by atoms with E-state index in [1.54, 1.807) is 48.3 Å². The maximum atomic E-state index is 12.2. The molecular formula is C16H18N4O2S. The highest BCUT2D eigenvalue weighted by Gasteiger charge is 2.08. The fourth-order valence-electron chi connectivity index (χ4n) is 1.82. The molecule has 120 valence electrons. The molecule has 0 fully saturated rings. The molecule has 3 amide bonds. The van der Waals surface area contributed by atoms with E-state index in [0.717, 1.165) is 10.8 Å². The first-order valence-corrected chi connectivity index (χ1v) is 8.10. The third-order valence-electron chi connectivity index (χ3n) is 2.90. The van der Waals surface area contributed by atoms with Crippen molar-refractivity contribution in [3.63, 3.8) is 0 Å². The van der Waals surface area contributed by atoms with E-state index in [9.17, 15) is 9.59 Å². The first-order chi connectivity index (χ1) is 11.1. The molecule has 0 saturated carbocycles. The Morgan fingerprint density at radius 1 is 1.13 bits per heavy atom. The predicted molar refractivity (Wildman–Crippen MR) is 93.1 cm³/mol. The summed E-state index contributed by atoms with van der Waals surface area (Å²) in [7, 11) is 1.54. The highest BCUT2D eigenvalue weighted by atomic mass is 32.2. The Hall–Kier alpha value is -2.54. The van der Waals surface area contributed by atoms with Crippen molar-refractivity contribution < 1.29 is 9.59 Å². The summed E-state index contributed by atoms with van der Waals surface area (Å²) in [4.78, 5) is 27.8. The van der Waals surface area contributed by atoms with Crippen LogP contribution in [-0.4, -0.2) is 29.7 Å². The van der Waals surface area contributed by atoms with Gasteiger partial charge >= 0.3 is 6.03 Å². The van der Waals surface area contributed by atoms with Gasteiger partial charge in [0.25, 0.3) is 5.91 Å². The quantitative estimate of drug-likeness (QED) is 0.735. The van der Waals surface area contributed by atoms with Crippen molar-refractivity contribution in [1.29, 1.82) is 0 Å². The zero-order valence-corrected chi connectivity index (χ0v) is 13.7. The van der Waals surface area contributed by atoms with E-state index in [2.05, 4.69) is 20.9 Å². The summed E-state index contributed by atoms with van der Waals surface area (Å²) in [5, 5.41) is 8.79. The van der Waals surface area contributed by atoms with Gasteiger partial charge in [-0.15, -0.1) is 11.8 Å². The zero-order chi connectivity index (χ0) is 16.7. The Labute approximate surface area is 139 Å². The van der Waals surface area contributed by atoms with Gasteiger partial charge in [0.15, 0.2) is 0 Å². The van der Waals surface area contributed by atoms with Crippen molar-refractivity contribution in [2.24, 2.45) is 0 Å². The molecule has 0 bridgehead atoms. The van der Waals surface area contributed by atoms with Crippen LogP contribution in [0.25, 0.3) is 0 Å². The van der Waals surface area contributed by atoms with Crippen LogP contribution >= 0.6 is 11.8 Å². The summed E-state index contributed by atoms with van der Waals surface area (Å²) < 4.78 is 0. The number of rotatable bonds is 5. The van der Waals surface area contributed by atoms with Crippen molar-refractivity contribution in [3.05, 3.63) is 48.2 Å². The van der Waals surface area contributed by atoms with E-state index in [4.69, 9.17) is 0 Å². The number of carbonyl (C=O) groups excluding carboxylic acids is 2. The van der Waals surface area contributed by atoms with Gasteiger partial charge in [0.05, 0.1) is 10.6 Å². The lowest BCUT2D eigenvalue weighted by Gasteiger charge is -2.08. The van der Waals surface area contributed by atoms with Gasteiger partial charge in [0.1, 0.15) is 0 Å². The number of benzene rings is 1. The van der Waals surface area contributed by atoms with Gasteiger partial charge in [-0.25, -0.2) is 9.78 Å². The normalized spacial score (nSPS) is 10.0. The molecule has 0 aliphatic carbocycles. The van der Waals surface area contributed by atoms with Crippen LogP contribution in [0, 0.1) is 0 Å². The maximum absolute atomic E-state index is 12.2. The Morgan fingerprint density at radius 2 is 1.87 bits per heavy atom. The second kappa shape index (κ2) is 8.19. The van der Waals surface area contributed by atoms with Crippen LogP contribution < -0.4 is 16.0 Å². The number of pyridine rings is 1. The second-order valence-electron chi connectivity index (χ2n) is 4.56. The van der Waals surface area contributed by atoms with E-state index < -0.39 is 0 Å². The topological polar surface area (TPSA) is 83.1 Å². The lowest BCUT2D eigenvalue weighted by atomic mass is 10.2. The van der Waals surface area contributed by atoms with Gasteiger partial charge in [0.2, 0.25) is 0 Å². The number of urea groups is 1. The molecule has 3 N–H and O–H groups in total. The number of hydrogen-bond acceptors (Lipinski definition) is 4. The molecule has 0 spiro atoms. The van der Waals surface area contributed by atoms with Crippen LogP contribution in [0.1, 0.15) is 17.3 Å². The molecule has 1 heterocycles. The lowest BCUT2D eigenvalue weighted by Crippen LogP contribution is -2.24. The molecule has 0 saturated heterocycles. The molecule has 0 unspecified atom stereocenters. The molecule has 1 aromatic carbocycles. The van der Waals surface area contributed by atoms with E-state index in [1.807, 2.05) is 13.0 Å². The summed E-state index contributed by atoms with van der Waals surface area (Å²) in [6.45, 7) is 2.05. The third kappa shape index (κ3) is 5.00. The third-order valence-corrected chi connectivity index (χ3v) is 3.72. The van der Waals surface area contributed by atoms with Gasteiger partial charge in [-0.3, -0.25) is 4.79 Å². The molecule has 7 heteroatoms. The summed E-state index contributed by atoms with van der Waals surface area (Å²) >= 11 is 1.62. The summed E-state index contributed by atoms with van der Waals surface area (Å²) in [6, 6.07) is 10.2. The Morgan fingerprint density at radius 3 is 2.48 bits per heavy atom. The number of hydrogen-bond donors (Lipinski definition) is 3. The van der Waals surface area contributed by atoms with Crippen molar-refractivity contribution in [3.8, 4) is 0 Å². The average Bonchev–Trinajstić information content (AvgIpc) is 2.56. The second-order valence-corrected chi connectivity index (χ2v) is 5.84. The minimum atomic E-state index is -0.318. The zero-order valence-electron chi connectivity index (χ0n) is 12.9. The number of thioether (sulfide) groups is 1. The fraction of sp³-hybridized carbons (Fsp3) is 0.188. The number of nitrogens with one attached hydrogen (secondary N) is 3. The SMILES string of the molecule is CCSc1ccc(C(=O)Nc2cccc(NC(=O)NC)c2)cn1. The van der Waals surface area contributed by atoms with Crippen LogP contribution in [0.2, 0.25) is 0 Å². The first kappa shape index (κ1) is 16.8. The van der Waals surface area contributed by atoms with E-state index in [-0.39, 0.29) is 11.9 Å². The van der Waals surface area contributed by atoms with Crippen LogP contribution in [-0.2, 0) is 0 Å². The smallest absolute Gasteiger partial charge is 0.318 e. The Bertz CT molecular complexity index is 689. The summed E-state index contributed by atoms with van der Waals surface area (Å²) in [6.07, 6.45) is 1.56. The molecule has 0 aliphatic rings. The van der Waals surface area contributed by atoms with Crippen LogP contribution in [0.4, 0.5) is 16.2 Å². The van der Waals surface area contributed by atoms with Gasteiger partial charge in [0, 0.05) is 24.6 Å². The number of amides is 3.